The van der Waals surface area contributed by atoms with Crippen LogP contribution in [0.25, 0.3) is 0 Å². The second-order valence-corrected chi connectivity index (χ2v) is 7.14. The Balaban J connectivity index is 1.56. The molecule has 136 valence electrons. The molecule has 0 unspecified atom stereocenters. The van der Waals surface area contributed by atoms with Crippen LogP contribution in [0.3, 0.4) is 0 Å². The van der Waals surface area contributed by atoms with Gasteiger partial charge in [-0.25, -0.2) is 4.39 Å². The Bertz CT molecular complexity index is 603. The Morgan fingerprint density at radius 2 is 1.68 bits per heavy atom. The molecular formula is C20H27FN2O2. The summed E-state index contributed by atoms with van der Waals surface area (Å²) in [6, 6.07) is 6.08. The van der Waals surface area contributed by atoms with E-state index in [4.69, 9.17) is 0 Å². The molecule has 0 spiro atoms. The van der Waals surface area contributed by atoms with Crippen LogP contribution in [0.2, 0.25) is 0 Å². The normalized spacial score (nSPS) is 19.2. The van der Waals surface area contributed by atoms with Gasteiger partial charge in [0.15, 0.2) is 0 Å². The van der Waals surface area contributed by atoms with Crippen LogP contribution in [0.15, 0.2) is 24.3 Å². The molecule has 0 N–H and O–H groups in total. The summed E-state index contributed by atoms with van der Waals surface area (Å²) >= 11 is 0. The van der Waals surface area contributed by atoms with E-state index in [0.29, 0.717) is 24.7 Å². The third kappa shape index (κ3) is 4.02. The van der Waals surface area contributed by atoms with Crippen molar-refractivity contribution in [3.05, 3.63) is 35.6 Å². The molecule has 0 atom stereocenters. The number of amides is 2. The minimum atomic E-state index is -0.340. The lowest BCUT2D eigenvalue weighted by Crippen LogP contribution is -2.47. The number of hydrogen-bond donors (Lipinski definition) is 0. The van der Waals surface area contributed by atoms with Gasteiger partial charge in [0.2, 0.25) is 5.91 Å². The van der Waals surface area contributed by atoms with Crippen LogP contribution in [-0.2, 0) is 4.79 Å². The number of benzene rings is 1. The smallest absolute Gasteiger partial charge is 0.253 e. The van der Waals surface area contributed by atoms with Crippen LogP contribution in [0, 0.1) is 11.7 Å². The van der Waals surface area contributed by atoms with Gasteiger partial charge in [0, 0.05) is 37.2 Å². The van der Waals surface area contributed by atoms with Crippen molar-refractivity contribution in [2.75, 3.05) is 19.6 Å². The van der Waals surface area contributed by atoms with Gasteiger partial charge in [0.1, 0.15) is 5.82 Å². The van der Waals surface area contributed by atoms with Gasteiger partial charge in [-0.1, -0.05) is 12.8 Å². The number of carbonyl (C=O) groups is 2. The first-order chi connectivity index (χ1) is 12.1. The molecule has 1 aliphatic heterocycles. The minimum absolute atomic E-state index is 0.0258. The van der Waals surface area contributed by atoms with E-state index in [-0.39, 0.29) is 23.5 Å². The number of carbonyl (C=O) groups excluding carboxylic acids is 2. The lowest BCUT2D eigenvalue weighted by atomic mass is 9.94. The zero-order chi connectivity index (χ0) is 17.8. The van der Waals surface area contributed by atoms with Crippen molar-refractivity contribution in [3.8, 4) is 0 Å². The highest BCUT2D eigenvalue weighted by molar-refractivity contribution is 5.94. The molecule has 0 aromatic heterocycles. The third-order valence-electron chi connectivity index (χ3n) is 5.61. The van der Waals surface area contributed by atoms with Crippen LogP contribution in [0.1, 0.15) is 55.8 Å². The quantitative estimate of drug-likeness (QED) is 0.838. The van der Waals surface area contributed by atoms with Gasteiger partial charge in [0.05, 0.1) is 0 Å². The molecule has 3 rings (SSSR count). The molecule has 1 heterocycles. The fourth-order valence-electron chi connectivity index (χ4n) is 4.15. The van der Waals surface area contributed by atoms with Crippen LogP contribution in [-0.4, -0.2) is 47.3 Å². The highest BCUT2D eigenvalue weighted by atomic mass is 19.1. The SMILES string of the molecule is CCN(C(=O)C1CCN(C(=O)c2ccc(F)cc2)CC1)C1CCCC1. The first-order valence-corrected chi connectivity index (χ1v) is 9.45. The van der Waals surface area contributed by atoms with Gasteiger partial charge < -0.3 is 9.80 Å². The molecule has 1 saturated carbocycles. The number of hydrogen-bond acceptors (Lipinski definition) is 2. The fourth-order valence-corrected chi connectivity index (χ4v) is 4.15. The van der Waals surface area contributed by atoms with Gasteiger partial charge >= 0.3 is 0 Å². The van der Waals surface area contributed by atoms with E-state index in [2.05, 4.69) is 11.8 Å². The van der Waals surface area contributed by atoms with E-state index in [1.54, 1.807) is 4.90 Å². The van der Waals surface area contributed by atoms with E-state index in [0.717, 1.165) is 32.2 Å². The average molecular weight is 346 g/mol. The Kier molecular flexibility index (Phi) is 5.71. The molecule has 1 aromatic carbocycles. The summed E-state index contributed by atoms with van der Waals surface area (Å²) in [5, 5.41) is 0. The summed E-state index contributed by atoms with van der Waals surface area (Å²) in [6.45, 7) is 4.02. The minimum Gasteiger partial charge on any atom is -0.340 e. The second-order valence-electron chi connectivity index (χ2n) is 7.14. The highest BCUT2D eigenvalue weighted by Crippen LogP contribution is 2.27. The zero-order valence-electron chi connectivity index (χ0n) is 14.9. The molecule has 0 radical (unpaired) electrons. The molecule has 5 heteroatoms. The Hall–Kier alpha value is -1.91. The van der Waals surface area contributed by atoms with Crippen molar-refractivity contribution in [1.29, 1.82) is 0 Å². The first-order valence-electron chi connectivity index (χ1n) is 9.45. The molecule has 4 nitrogen and oxygen atoms in total. The molecule has 25 heavy (non-hydrogen) atoms. The topological polar surface area (TPSA) is 40.6 Å². The molecule has 1 saturated heterocycles. The molecule has 2 fully saturated rings. The van der Waals surface area contributed by atoms with Crippen molar-refractivity contribution in [2.45, 2.75) is 51.5 Å². The van der Waals surface area contributed by atoms with E-state index in [1.165, 1.54) is 37.1 Å². The van der Waals surface area contributed by atoms with Crippen LogP contribution in [0.4, 0.5) is 4.39 Å². The highest BCUT2D eigenvalue weighted by Gasteiger charge is 2.33. The Labute approximate surface area is 149 Å². The van der Waals surface area contributed by atoms with Crippen LogP contribution in [0.5, 0.6) is 0 Å². The van der Waals surface area contributed by atoms with E-state index in [1.807, 2.05) is 0 Å². The van der Waals surface area contributed by atoms with E-state index < -0.39 is 0 Å². The van der Waals surface area contributed by atoms with E-state index in [9.17, 15) is 14.0 Å². The summed E-state index contributed by atoms with van der Waals surface area (Å²) in [5.74, 6) is -0.123. The fraction of sp³-hybridized carbons (Fsp3) is 0.600. The van der Waals surface area contributed by atoms with Crippen LogP contribution >= 0.6 is 0 Å². The van der Waals surface area contributed by atoms with Crippen molar-refractivity contribution >= 4 is 11.8 Å². The second kappa shape index (κ2) is 7.98. The average Bonchev–Trinajstić information content (AvgIpc) is 3.17. The molecule has 1 aliphatic carbocycles. The molecule has 2 amide bonds. The largest absolute Gasteiger partial charge is 0.340 e. The maximum Gasteiger partial charge on any atom is 0.253 e. The van der Waals surface area contributed by atoms with Crippen molar-refractivity contribution in [1.82, 2.24) is 9.80 Å². The molecule has 1 aromatic rings. The van der Waals surface area contributed by atoms with Crippen molar-refractivity contribution in [3.63, 3.8) is 0 Å². The molecule has 0 bridgehead atoms. The van der Waals surface area contributed by atoms with Gasteiger partial charge in [-0.2, -0.15) is 0 Å². The summed E-state index contributed by atoms with van der Waals surface area (Å²) < 4.78 is 13.0. The van der Waals surface area contributed by atoms with Crippen molar-refractivity contribution in [2.24, 2.45) is 5.92 Å². The monoisotopic (exact) mass is 346 g/mol. The van der Waals surface area contributed by atoms with Crippen molar-refractivity contribution < 1.29 is 14.0 Å². The maximum atomic E-state index is 13.0. The summed E-state index contributed by atoms with van der Waals surface area (Å²) in [6.07, 6.45) is 6.13. The first kappa shape index (κ1) is 17.9. The van der Waals surface area contributed by atoms with Gasteiger partial charge in [-0.05, 0) is 56.9 Å². The van der Waals surface area contributed by atoms with Gasteiger partial charge in [0.25, 0.3) is 5.91 Å². The maximum absolute atomic E-state index is 13.0. The third-order valence-corrected chi connectivity index (χ3v) is 5.61. The Morgan fingerprint density at radius 3 is 2.24 bits per heavy atom. The zero-order valence-corrected chi connectivity index (χ0v) is 14.9. The number of piperidine rings is 1. The number of rotatable bonds is 4. The summed E-state index contributed by atoms with van der Waals surface area (Å²) in [5.41, 5.74) is 0.507. The Morgan fingerprint density at radius 1 is 1.08 bits per heavy atom. The molecular weight excluding hydrogens is 319 g/mol. The van der Waals surface area contributed by atoms with Gasteiger partial charge in [-0.15, -0.1) is 0 Å². The number of likely N-dealkylation sites (tertiary alicyclic amines) is 1. The number of halogens is 1. The lowest BCUT2D eigenvalue weighted by Gasteiger charge is -2.36. The molecule has 2 aliphatic rings. The summed E-state index contributed by atoms with van der Waals surface area (Å²) in [7, 11) is 0. The van der Waals surface area contributed by atoms with Gasteiger partial charge in [-0.3, -0.25) is 9.59 Å². The van der Waals surface area contributed by atoms with Crippen LogP contribution < -0.4 is 0 Å². The van der Waals surface area contributed by atoms with E-state index >= 15 is 0 Å². The number of nitrogens with zero attached hydrogens (tertiary/aromatic N) is 2. The summed E-state index contributed by atoms with van der Waals surface area (Å²) in [4.78, 5) is 29.2. The lowest BCUT2D eigenvalue weighted by molar-refractivity contribution is -0.139. The standard InChI is InChI=1S/C20H27FN2O2/c1-2-23(18-5-3-4-6-18)20(25)16-11-13-22(14-12-16)19(24)15-7-9-17(21)10-8-15/h7-10,16,18H,2-6,11-14H2,1H3. The predicted molar refractivity (Wildman–Crippen MR) is 94.7 cm³/mol. The predicted octanol–water partition coefficient (Wildman–Crippen LogP) is 3.47.